The Morgan fingerprint density at radius 2 is 0.659 bits per heavy atom. The van der Waals surface area contributed by atoms with E-state index in [0.29, 0.717) is 0 Å². The molecule has 0 aromatic heterocycles. The van der Waals surface area contributed by atoms with Crippen molar-refractivity contribution >= 4 is 43.1 Å². The maximum Gasteiger partial charge on any atom is -0.00230 e. The molecular formula is C44H46. The zero-order valence-electron chi connectivity index (χ0n) is 28.2. The molecule has 0 bridgehead atoms. The fourth-order valence-corrected chi connectivity index (χ4v) is 6.98. The van der Waals surface area contributed by atoms with Gasteiger partial charge in [0, 0.05) is 0 Å². The molecule has 0 heteroatoms. The third-order valence-electron chi connectivity index (χ3n) is 9.20. The number of benzene rings is 7. The Labute approximate surface area is 264 Å². The Balaban J connectivity index is 0.00000168. The first-order valence-electron chi connectivity index (χ1n) is 16.3. The van der Waals surface area contributed by atoms with Crippen molar-refractivity contribution in [2.24, 2.45) is 0 Å². The average molecular weight is 575 g/mol. The Hall–Kier alpha value is -4.16. The summed E-state index contributed by atoms with van der Waals surface area (Å²) >= 11 is 0. The van der Waals surface area contributed by atoms with Gasteiger partial charge in [0.2, 0.25) is 0 Å². The van der Waals surface area contributed by atoms with Crippen molar-refractivity contribution in [1.82, 2.24) is 0 Å². The van der Waals surface area contributed by atoms with Gasteiger partial charge >= 0.3 is 0 Å². The molecule has 0 unspecified atom stereocenters. The van der Waals surface area contributed by atoms with E-state index < -0.39 is 0 Å². The summed E-state index contributed by atoms with van der Waals surface area (Å²) in [6.45, 7) is 22.4. The van der Waals surface area contributed by atoms with Gasteiger partial charge in [-0.1, -0.05) is 139 Å². The predicted molar refractivity (Wildman–Crippen MR) is 197 cm³/mol. The average Bonchev–Trinajstić information content (AvgIpc) is 2.99. The Morgan fingerprint density at radius 3 is 0.977 bits per heavy atom. The van der Waals surface area contributed by atoms with Crippen LogP contribution in [0.25, 0.3) is 65.3 Å². The van der Waals surface area contributed by atoms with E-state index in [-0.39, 0.29) is 10.8 Å². The van der Waals surface area contributed by atoms with Gasteiger partial charge in [0.05, 0.1) is 0 Å². The van der Waals surface area contributed by atoms with E-state index in [1.54, 1.807) is 0 Å². The van der Waals surface area contributed by atoms with Crippen LogP contribution in [0.2, 0.25) is 0 Å². The second-order valence-electron chi connectivity index (χ2n) is 14.4. The van der Waals surface area contributed by atoms with Crippen molar-refractivity contribution in [3.8, 4) is 22.3 Å². The fourth-order valence-electron chi connectivity index (χ4n) is 6.98. The van der Waals surface area contributed by atoms with Crippen LogP contribution in [0.3, 0.4) is 0 Å². The third kappa shape index (κ3) is 4.95. The predicted octanol–water partition coefficient (Wildman–Crippen LogP) is 13.3. The summed E-state index contributed by atoms with van der Waals surface area (Å²) < 4.78 is 0. The number of fused-ring (bicyclic) bond motifs is 2. The summed E-state index contributed by atoms with van der Waals surface area (Å²) in [6.07, 6.45) is 0. The van der Waals surface area contributed by atoms with E-state index in [1.807, 2.05) is 13.8 Å². The zero-order valence-corrected chi connectivity index (χ0v) is 28.2. The Bertz CT molecular complexity index is 1970. The Morgan fingerprint density at radius 1 is 0.341 bits per heavy atom. The lowest BCUT2D eigenvalue weighted by atomic mass is 9.77. The van der Waals surface area contributed by atoms with Crippen LogP contribution in [-0.4, -0.2) is 0 Å². The summed E-state index contributed by atoms with van der Waals surface area (Å²) in [5, 5.41) is 10.9. The van der Waals surface area contributed by atoms with Crippen LogP contribution in [0.4, 0.5) is 0 Å². The highest BCUT2D eigenvalue weighted by molar-refractivity contribution is 6.34. The minimum atomic E-state index is 0.0249. The molecule has 0 fully saturated rings. The molecule has 7 aromatic rings. The maximum absolute atomic E-state index is 2.46. The summed E-state index contributed by atoms with van der Waals surface area (Å²) in [5.41, 5.74) is 10.5. The molecule has 0 nitrogen and oxygen atoms in total. The fraction of sp³-hybridized carbons (Fsp3) is 0.273. The van der Waals surface area contributed by atoms with Crippen LogP contribution < -0.4 is 0 Å². The van der Waals surface area contributed by atoms with E-state index in [0.717, 1.165) is 0 Å². The monoisotopic (exact) mass is 574 g/mol. The molecule has 0 radical (unpaired) electrons. The van der Waals surface area contributed by atoms with Gasteiger partial charge in [0.15, 0.2) is 0 Å². The molecule has 0 aliphatic carbocycles. The highest BCUT2D eigenvalue weighted by Crippen LogP contribution is 2.47. The molecular weight excluding hydrogens is 528 g/mol. The number of aryl methyl sites for hydroxylation is 2. The van der Waals surface area contributed by atoms with Gasteiger partial charge in [-0.05, 0) is 125 Å². The molecule has 0 atom stereocenters. The van der Waals surface area contributed by atoms with E-state index in [2.05, 4.69) is 152 Å². The summed E-state index contributed by atoms with van der Waals surface area (Å²) in [7, 11) is 0. The maximum atomic E-state index is 2.46. The van der Waals surface area contributed by atoms with Gasteiger partial charge < -0.3 is 0 Å². The molecule has 44 heavy (non-hydrogen) atoms. The van der Waals surface area contributed by atoms with E-state index in [4.69, 9.17) is 0 Å². The molecule has 0 saturated heterocycles. The molecule has 7 rings (SSSR count). The number of hydrogen-bond acceptors (Lipinski definition) is 0. The van der Waals surface area contributed by atoms with Crippen LogP contribution in [0.5, 0.6) is 0 Å². The normalized spacial score (nSPS) is 12.3. The largest absolute Gasteiger partial charge is 0.0683 e. The van der Waals surface area contributed by atoms with Gasteiger partial charge in [0.1, 0.15) is 0 Å². The second kappa shape index (κ2) is 10.8. The number of hydrogen-bond donors (Lipinski definition) is 0. The summed E-state index contributed by atoms with van der Waals surface area (Å²) in [4.78, 5) is 0. The van der Waals surface area contributed by atoms with Crippen LogP contribution in [0.1, 0.15) is 77.6 Å². The highest BCUT2D eigenvalue weighted by atomic mass is 14.3. The van der Waals surface area contributed by atoms with Gasteiger partial charge in [0.25, 0.3) is 0 Å². The quantitative estimate of drug-likeness (QED) is 0.142. The minimum Gasteiger partial charge on any atom is -0.0683 e. The van der Waals surface area contributed by atoms with Crippen LogP contribution in [0.15, 0.2) is 97.1 Å². The third-order valence-corrected chi connectivity index (χ3v) is 9.20. The van der Waals surface area contributed by atoms with Crippen molar-refractivity contribution in [3.05, 3.63) is 119 Å². The first kappa shape index (κ1) is 29.9. The van der Waals surface area contributed by atoms with Crippen molar-refractivity contribution in [1.29, 1.82) is 0 Å². The van der Waals surface area contributed by atoms with E-state index in [1.165, 1.54) is 87.6 Å². The molecule has 0 saturated carbocycles. The van der Waals surface area contributed by atoms with E-state index in [9.17, 15) is 0 Å². The van der Waals surface area contributed by atoms with Crippen molar-refractivity contribution in [2.75, 3.05) is 0 Å². The first-order valence-corrected chi connectivity index (χ1v) is 16.3. The lowest BCUT2D eigenvalue weighted by Gasteiger charge is -2.27. The first-order chi connectivity index (χ1) is 20.9. The molecule has 0 spiro atoms. The number of rotatable bonds is 2. The standard InChI is InChI=1S/C42H40.C2H6/c1-25-9-13-27(14-10-25)29-21-33-34-22-30(28-15-11-26(2)12-16-28)24-36-38(42(6,7)8)20-18-32(40(34)36)31-17-19-37(41(3,4)5)35(23-29)39(31)33;1-2/h9-24H,1-8H3;1-2H3. The smallest absolute Gasteiger partial charge is 0.00230 e. The topological polar surface area (TPSA) is 0 Å². The highest BCUT2D eigenvalue weighted by Gasteiger charge is 2.25. The molecule has 0 aliphatic rings. The summed E-state index contributed by atoms with van der Waals surface area (Å²) in [6, 6.07) is 37.4. The van der Waals surface area contributed by atoms with Gasteiger partial charge in [-0.25, -0.2) is 0 Å². The van der Waals surface area contributed by atoms with Crippen molar-refractivity contribution in [2.45, 2.75) is 80.1 Å². The van der Waals surface area contributed by atoms with Gasteiger partial charge in [-0.15, -0.1) is 0 Å². The van der Waals surface area contributed by atoms with Gasteiger partial charge in [-0.2, -0.15) is 0 Å². The molecule has 222 valence electrons. The Kier molecular flexibility index (Phi) is 7.32. The van der Waals surface area contributed by atoms with E-state index >= 15 is 0 Å². The van der Waals surface area contributed by atoms with Crippen LogP contribution in [0, 0.1) is 13.8 Å². The minimum absolute atomic E-state index is 0.0249. The zero-order chi connectivity index (χ0) is 31.6. The van der Waals surface area contributed by atoms with Gasteiger partial charge in [-0.3, -0.25) is 0 Å². The van der Waals surface area contributed by atoms with Crippen LogP contribution >= 0.6 is 0 Å². The molecule has 0 amide bonds. The molecule has 0 N–H and O–H groups in total. The molecule has 0 aliphatic heterocycles. The summed E-state index contributed by atoms with van der Waals surface area (Å²) in [5.74, 6) is 0. The van der Waals surface area contributed by atoms with Crippen molar-refractivity contribution in [3.63, 3.8) is 0 Å². The SMILES string of the molecule is CC.Cc1ccc(-c2cc3c(C(C)(C)C)ccc4c5ccc(C(C)(C)C)c6cc(-c7ccc(C)cc7)cc(c(c2)c34)c65)cc1. The molecule has 0 heterocycles. The van der Waals surface area contributed by atoms with Crippen LogP contribution in [-0.2, 0) is 10.8 Å². The second-order valence-corrected chi connectivity index (χ2v) is 14.4. The molecule has 7 aromatic carbocycles. The lowest BCUT2D eigenvalue weighted by molar-refractivity contribution is 0.595. The lowest BCUT2D eigenvalue weighted by Crippen LogP contribution is -2.12. The van der Waals surface area contributed by atoms with Crippen molar-refractivity contribution < 1.29 is 0 Å².